The van der Waals surface area contributed by atoms with E-state index in [9.17, 15) is 0 Å². The van der Waals surface area contributed by atoms with Gasteiger partial charge in [-0.3, -0.25) is 9.98 Å². The fourth-order valence-electron chi connectivity index (χ4n) is 4.10. The van der Waals surface area contributed by atoms with Gasteiger partial charge in [0, 0.05) is 24.9 Å². The molecule has 0 aliphatic rings. The lowest BCUT2D eigenvalue weighted by Gasteiger charge is -2.05. The molecule has 0 amide bonds. The quantitative estimate of drug-likeness (QED) is 0.0878. The summed E-state index contributed by atoms with van der Waals surface area (Å²) < 4.78 is 11.3. The van der Waals surface area contributed by atoms with E-state index in [1.165, 1.54) is 17.8 Å². The molecule has 0 aliphatic carbocycles. The molecule has 5 rings (SSSR count). The highest BCUT2D eigenvalue weighted by molar-refractivity contribution is 5.95. The van der Waals surface area contributed by atoms with Gasteiger partial charge in [0.15, 0.2) is 0 Å². The van der Waals surface area contributed by atoms with Crippen LogP contribution in [0.25, 0.3) is 10.8 Å². The number of fused-ring (bicyclic) bond motifs is 1. The minimum absolute atomic E-state index is 0.778. The highest BCUT2D eigenvalue weighted by atomic mass is 16.5. The summed E-state index contributed by atoms with van der Waals surface area (Å²) in [6.07, 6.45) is 8.25. The molecule has 1 N–H and O–H groups in total. The molecule has 5 aromatic rings. The van der Waals surface area contributed by atoms with Crippen LogP contribution in [0.3, 0.4) is 0 Å². The van der Waals surface area contributed by atoms with Crippen molar-refractivity contribution in [3.63, 3.8) is 0 Å². The number of nitrogens with zero attached hydrogens (tertiary/aromatic N) is 3. The lowest BCUT2D eigenvalue weighted by molar-refractivity contribution is 0.309. The molecule has 0 aromatic heterocycles. The van der Waals surface area contributed by atoms with Gasteiger partial charge < -0.3 is 9.47 Å². The van der Waals surface area contributed by atoms with Crippen LogP contribution in [0.15, 0.2) is 136 Å². The molecule has 0 bridgehead atoms. The Kier molecular flexibility index (Phi) is 15.9. The van der Waals surface area contributed by atoms with Gasteiger partial charge in [-0.05, 0) is 96.1 Å². The molecule has 6 heteroatoms. The highest BCUT2D eigenvalue weighted by Gasteiger charge is 1.98. The molecule has 0 saturated heterocycles. The molecule has 5 aromatic carbocycles. The third-order valence-electron chi connectivity index (χ3n) is 6.53. The molecule has 232 valence electrons. The van der Waals surface area contributed by atoms with E-state index >= 15 is 0 Å². The van der Waals surface area contributed by atoms with E-state index in [0.717, 1.165) is 72.9 Å². The first kappa shape index (κ1) is 34.4. The summed E-state index contributed by atoms with van der Waals surface area (Å²) in [5.41, 5.74) is 9.93. The number of rotatable bonds is 12. The first-order valence-electron chi connectivity index (χ1n) is 15.5. The minimum Gasteiger partial charge on any atom is -0.494 e. The summed E-state index contributed by atoms with van der Waals surface area (Å²) in [5, 5.41) is 5.13. The minimum atomic E-state index is 0.778. The zero-order chi connectivity index (χ0) is 32.0. The van der Waals surface area contributed by atoms with Crippen molar-refractivity contribution in [2.24, 2.45) is 15.1 Å². The van der Waals surface area contributed by atoms with Crippen molar-refractivity contribution in [1.29, 1.82) is 5.53 Å². The van der Waals surface area contributed by atoms with Crippen molar-refractivity contribution in [1.82, 2.24) is 0 Å². The van der Waals surface area contributed by atoms with Gasteiger partial charge in [-0.15, -0.1) is 0 Å². The SMILES string of the molecule is CCCCOc1ccc(C=Nc2cccc3ccccc23)cc1.CCCCOc1ccc(C=Nc2ccccc2)cc1.CN=N. The van der Waals surface area contributed by atoms with Gasteiger partial charge in [0.2, 0.25) is 0 Å². The number of hydrogen-bond acceptors (Lipinski definition) is 6. The summed E-state index contributed by atoms with van der Waals surface area (Å²) >= 11 is 0. The normalized spacial score (nSPS) is 10.6. The third kappa shape index (κ3) is 13.0. The summed E-state index contributed by atoms with van der Waals surface area (Å²) in [6.45, 7) is 5.89. The van der Waals surface area contributed by atoms with E-state index in [1.807, 2.05) is 116 Å². The maximum absolute atomic E-state index is 5.83. The molecule has 0 spiro atoms. The average molecular weight is 601 g/mol. The monoisotopic (exact) mass is 600 g/mol. The number of aliphatic imine (C=N–C) groups is 2. The lowest BCUT2D eigenvalue weighted by Crippen LogP contribution is -1.96. The van der Waals surface area contributed by atoms with E-state index in [1.54, 1.807) is 0 Å². The van der Waals surface area contributed by atoms with Crippen LogP contribution >= 0.6 is 0 Å². The highest BCUT2D eigenvalue weighted by Crippen LogP contribution is 2.25. The molecular formula is C39H44N4O2. The largest absolute Gasteiger partial charge is 0.494 e. The second-order valence-corrected chi connectivity index (χ2v) is 10.1. The van der Waals surface area contributed by atoms with Gasteiger partial charge >= 0.3 is 0 Å². The van der Waals surface area contributed by atoms with E-state index < -0.39 is 0 Å². The molecule has 0 aliphatic heterocycles. The number of hydrogen-bond donors (Lipinski definition) is 1. The second kappa shape index (κ2) is 20.7. The van der Waals surface area contributed by atoms with Crippen LogP contribution in [-0.2, 0) is 0 Å². The van der Waals surface area contributed by atoms with Crippen LogP contribution in [-0.4, -0.2) is 32.7 Å². The topological polar surface area (TPSA) is 79.4 Å². The van der Waals surface area contributed by atoms with Crippen LogP contribution in [0.5, 0.6) is 11.5 Å². The maximum Gasteiger partial charge on any atom is 0.119 e. The van der Waals surface area contributed by atoms with E-state index in [0.29, 0.717) is 0 Å². The Balaban J connectivity index is 0.000000230. The van der Waals surface area contributed by atoms with Gasteiger partial charge in [-0.2, -0.15) is 0 Å². The zero-order valence-electron chi connectivity index (χ0n) is 26.6. The van der Waals surface area contributed by atoms with Crippen molar-refractivity contribution in [3.05, 3.63) is 132 Å². The van der Waals surface area contributed by atoms with Gasteiger partial charge in [-0.1, -0.05) is 81.3 Å². The first-order chi connectivity index (χ1) is 22.2. The first-order valence-corrected chi connectivity index (χ1v) is 15.5. The number of unbranched alkanes of at least 4 members (excludes halogenated alkanes) is 2. The molecule has 0 fully saturated rings. The van der Waals surface area contributed by atoms with Gasteiger partial charge in [0.25, 0.3) is 0 Å². The zero-order valence-corrected chi connectivity index (χ0v) is 26.6. The van der Waals surface area contributed by atoms with Crippen molar-refractivity contribution < 1.29 is 9.47 Å². The lowest BCUT2D eigenvalue weighted by atomic mass is 10.1. The Morgan fingerprint density at radius 2 is 1.07 bits per heavy atom. The van der Waals surface area contributed by atoms with Gasteiger partial charge in [0.05, 0.1) is 24.6 Å². The van der Waals surface area contributed by atoms with Gasteiger partial charge in [0.1, 0.15) is 11.5 Å². The fraction of sp³-hybridized carbons (Fsp3) is 0.231. The molecule has 0 radical (unpaired) electrons. The summed E-state index contributed by atoms with van der Waals surface area (Å²) in [5.74, 6) is 1.84. The Labute approximate surface area is 268 Å². The van der Waals surface area contributed by atoms with Crippen LogP contribution < -0.4 is 9.47 Å². The van der Waals surface area contributed by atoms with Crippen LogP contribution in [0.2, 0.25) is 0 Å². The fourth-order valence-corrected chi connectivity index (χ4v) is 4.10. The Bertz CT molecular complexity index is 1580. The van der Waals surface area contributed by atoms with Crippen molar-refractivity contribution >= 4 is 34.6 Å². The average Bonchev–Trinajstić information content (AvgIpc) is 3.09. The van der Waals surface area contributed by atoms with Crippen LogP contribution in [0.1, 0.15) is 50.7 Å². The molecule has 0 unspecified atom stereocenters. The predicted molar refractivity (Wildman–Crippen MR) is 190 cm³/mol. The molecular weight excluding hydrogens is 556 g/mol. The Hall–Kier alpha value is -5.10. The third-order valence-corrected chi connectivity index (χ3v) is 6.53. The van der Waals surface area contributed by atoms with Crippen molar-refractivity contribution in [2.45, 2.75) is 39.5 Å². The van der Waals surface area contributed by atoms with Gasteiger partial charge in [-0.25, -0.2) is 10.6 Å². The van der Waals surface area contributed by atoms with E-state index in [-0.39, 0.29) is 0 Å². The molecule has 45 heavy (non-hydrogen) atoms. The van der Waals surface area contributed by atoms with Crippen LogP contribution in [0, 0.1) is 5.53 Å². The predicted octanol–water partition coefficient (Wildman–Crippen LogP) is 11.0. The molecule has 0 heterocycles. The number of benzene rings is 5. The summed E-state index contributed by atoms with van der Waals surface area (Å²) in [7, 11) is 1.42. The molecule has 6 nitrogen and oxygen atoms in total. The van der Waals surface area contributed by atoms with E-state index in [4.69, 9.17) is 15.0 Å². The summed E-state index contributed by atoms with van der Waals surface area (Å²) in [4.78, 5) is 9.06. The summed E-state index contributed by atoms with van der Waals surface area (Å²) in [6, 6.07) is 40.5. The number of para-hydroxylation sites is 1. The molecule has 0 saturated carbocycles. The standard InChI is InChI=1S/C21H21NO.C17H19NO.CH4N2/c1-2-3-15-23-19-13-11-17(12-14-19)16-22-21-10-6-8-18-7-4-5-9-20(18)21;1-2-3-13-19-17-11-9-15(10-12-17)14-18-16-7-5-4-6-8-16;1-3-2/h4-14,16H,2-3,15H2,1H3;4-12,14H,2-3,13H2,1H3;2H,1H3. The van der Waals surface area contributed by atoms with Crippen molar-refractivity contribution in [2.75, 3.05) is 20.3 Å². The van der Waals surface area contributed by atoms with Crippen LogP contribution in [0.4, 0.5) is 11.4 Å². The smallest absolute Gasteiger partial charge is 0.119 e. The van der Waals surface area contributed by atoms with E-state index in [2.05, 4.69) is 47.1 Å². The second-order valence-electron chi connectivity index (χ2n) is 10.1. The Morgan fingerprint density at radius 3 is 1.62 bits per heavy atom. The van der Waals surface area contributed by atoms with Crippen molar-refractivity contribution in [3.8, 4) is 11.5 Å². The molecule has 0 atom stereocenters. The number of nitrogens with one attached hydrogen (secondary N) is 1. The maximum atomic E-state index is 5.83. The Morgan fingerprint density at radius 1 is 0.578 bits per heavy atom. The number of ether oxygens (including phenoxy) is 2.